The smallest absolute Gasteiger partial charge is 0.165 e. The SMILES string of the molecule is COc1ccc(CC=CBr)cc1F. The summed E-state index contributed by atoms with van der Waals surface area (Å²) in [6.07, 6.45) is 2.62. The van der Waals surface area contributed by atoms with Crippen molar-refractivity contribution in [1.29, 1.82) is 0 Å². The van der Waals surface area contributed by atoms with Crippen molar-refractivity contribution < 1.29 is 9.13 Å². The average molecular weight is 245 g/mol. The molecule has 0 N–H and O–H groups in total. The zero-order valence-electron chi connectivity index (χ0n) is 7.26. The van der Waals surface area contributed by atoms with Crippen molar-refractivity contribution >= 4 is 15.9 Å². The van der Waals surface area contributed by atoms with Crippen molar-refractivity contribution in [2.75, 3.05) is 7.11 Å². The lowest BCUT2D eigenvalue weighted by molar-refractivity contribution is 0.386. The fourth-order valence-corrected chi connectivity index (χ4v) is 1.20. The molecule has 0 saturated carbocycles. The Balaban J connectivity index is 2.83. The van der Waals surface area contributed by atoms with Gasteiger partial charge in [0.15, 0.2) is 11.6 Å². The molecule has 0 heterocycles. The Morgan fingerprint density at radius 1 is 1.54 bits per heavy atom. The van der Waals surface area contributed by atoms with Crippen LogP contribution in [0.15, 0.2) is 29.3 Å². The number of ether oxygens (including phenoxy) is 1. The number of halogens is 2. The second-order valence-electron chi connectivity index (χ2n) is 2.53. The molecule has 13 heavy (non-hydrogen) atoms. The second-order valence-corrected chi connectivity index (χ2v) is 3.06. The summed E-state index contributed by atoms with van der Waals surface area (Å²) in [6.45, 7) is 0. The summed E-state index contributed by atoms with van der Waals surface area (Å²) in [5, 5.41) is 0. The molecule has 0 radical (unpaired) electrons. The van der Waals surface area contributed by atoms with Gasteiger partial charge in [-0.15, -0.1) is 0 Å². The molecule has 1 aromatic rings. The van der Waals surface area contributed by atoms with Crippen molar-refractivity contribution in [2.45, 2.75) is 6.42 Å². The van der Waals surface area contributed by atoms with Gasteiger partial charge >= 0.3 is 0 Å². The molecule has 0 spiro atoms. The Labute approximate surface area is 85.3 Å². The van der Waals surface area contributed by atoms with Crippen LogP contribution in [0.3, 0.4) is 0 Å². The molecule has 0 saturated heterocycles. The van der Waals surface area contributed by atoms with E-state index >= 15 is 0 Å². The summed E-state index contributed by atoms with van der Waals surface area (Å²) >= 11 is 3.15. The average Bonchev–Trinajstić information content (AvgIpc) is 2.15. The van der Waals surface area contributed by atoms with E-state index in [9.17, 15) is 4.39 Å². The molecule has 70 valence electrons. The zero-order valence-corrected chi connectivity index (χ0v) is 8.84. The third-order valence-corrected chi connectivity index (χ3v) is 2.03. The van der Waals surface area contributed by atoms with E-state index in [0.717, 1.165) is 5.56 Å². The van der Waals surface area contributed by atoms with E-state index < -0.39 is 0 Å². The molecule has 0 aromatic heterocycles. The maximum atomic E-state index is 13.1. The molecule has 1 rings (SSSR count). The van der Waals surface area contributed by atoms with Crippen LogP contribution in [-0.2, 0) is 6.42 Å². The fraction of sp³-hybridized carbons (Fsp3) is 0.200. The number of allylic oxidation sites excluding steroid dienone is 1. The molecule has 0 aliphatic rings. The Bertz CT molecular complexity index is 310. The highest BCUT2D eigenvalue weighted by atomic mass is 79.9. The molecule has 1 aromatic carbocycles. The topological polar surface area (TPSA) is 9.23 Å². The first-order valence-corrected chi connectivity index (χ1v) is 4.77. The molecular formula is C10H10BrFO. The lowest BCUT2D eigenvalue weighted by Crippen LogP contribution is -1.89. The summed E-state index contributed by atoms with van der Waals surface area (Å²) in [4.78, 5) is 1.76. The van der Waals surface area contributed by atoms with Crippen LogP contribution >= 0.6 is 15.9 Å². The van der Waals surface area contributed by atoms with Crippen molar-refractivity contribution in [3.05, 3.63) is 40.6 Å². The lowest BCUT2D eigenvalue weighted by Gasteiger charge is -2.02. The van der Waals surface area contributed by atoms with Crippen molar-refractivity contribution in [3.8, 4) is 5.75 Å². The Kier molecular flexibility index (Phi) is 3.96. The Morgan fingerprint density at radius 2 is 2.31 bits per heavy atom. The van der Waals surface area contributed by atoms with Crippen LogP contribution < -0.4 is 4.74 Å². The van der Waals surface area contributed by atoms with Gasteiger partial charge in [-0.2, -0.15) is 0 Å². The van der Waals surface area contributed by atoms with Crippen LogP contribution in [0.25, 0.3) is 0 Å². The predicted octanol–water partition coefficient (Wildman–Crippen LogP) is 3.29. The van der Waals surface area contributed by atoms with Gasteiger partial charge in [0.2, 0.25) is 0 Å². The third kappa shape index (κ3) is 2.84. The summed E-state index contributed by atoms with van der Waals surface area (Å²) < 4.78 is 17.9. The summed E-state index contributed by atoms with van der Waals surface area (Å²) in [5.74, 6) is -0.0328. The quantitative estimate of drug-likeness (QED) is 0.793. The fourth-order valence-electron chi connectivity index (χ4n) is 1.02. The molecule has 0 amide bonds. The van der Waals surface area contributed by atoms with E-state index in [4.69, 9.17) is 4.74 Å². The van der Waals surface area contributed by atoms with Crippen molar-refractivity contribution in [2.24, 2.45) is 0 Å². The minimum atomic E-state index is -0.317. The van der Waals surface area contributed by atoms with E-state index in [1.165, 1.54) is 13.2 Å². The van der Waals surface area contributed by atoms with Crippen molar-refractivity contribution in [3.63, 3.8) is 0 Å². The van der Waals surface area contributed by atoms with Gasteiger partial charge in [0.25, 0.3) is 0 Å². The van der Waals surface area contributed by atoms with Gasteiger partial charge in [0.05, 0.1) is 7.11 Å². The molecule has 3 heteroatoms. The molecule has 0 bridgehead atoms. The van der Waals surface area contributed by atoms with E-state index in [2.05, 4.69) is 15.9 Å². The van der Waals surface area contributed by atoms with Crippen LogP contribution in [0, 0.1) is 5.82 Å². The van der Waals surface area contributed by atoms with E-state index in [-0.39, 0.29) is 11.6 Å². The highest BCUT2D eigenvalue weighted by molar-refractivity contribution is 9.11. The van der Waals surface area contributed by atoms with Gasteiger partial charge in [0.1, 0.15) is 0 Å². The standard InChI is InChI=1S/C10H10BrFO/c1-13-10-5-4-8(3-2-6-11)7-9(10)12/h2,4-7H,3H2,1H3. The normalized spacial score (nSPS) is 10.7. The highest BCUT2D eigenvalue weighted by Crippen LogP contribution is 2.18. The molecule has 0 unspecified atom stereocenters. The minimum absolute atomic E-state index is 0.284. The number of methoxy groups -OCH3 is 1. The molecule has 0 atom stereocenters. The highest BCUT2D eigenvalue weighted by Gasteiger charge is 2.01. The van der Waals surface area contributed by atoms with Crippen molar-refractivity contribution in [1.82, 2.24) is 0 Å². The first-order valence-electron chi connectivity index (χ1n) is 3.85. The van der Waals surface area contributed by atoms with E-state index in [0.29, 0.717) is 6.42 Å². The van der Waals surface area contributed by atoms with Gasteiger partial charge < -0.3 is 4.74 Å². The molecular weight excluding hydrogens is 235 g/mol. The van der Waals surface area contributed by atoms with Crippen LogP contribution in [0.1, 0.15) is 5.56 Å². The van der Waals surface area contributed by atoms with Crippen LogP contribution in [0.2, 0.25) is 0 Å². The number of benzene rings is 1. The van der Waals surface area contributed by atoms with Gasteiger partial charge in [-0.25, -0.2) is 4.39 Å². The van der Waals surface area contributed by atoms with E-state index in [1.54, 1.807) is 11.1 Å². The second kappa shape index (κ2) is 5.02. The first kappa shape index (κ1) is 10.3. The number of hydrogen-bond acceptors (Lipinski definition) is 1. The minimum Gasteiger partial charge on any atom is -0.494 e. The third-order valence-electron chi connectivity index (χ3n) is 1.66. The maximum Gasteiger partial charge on any atom is 0.165 e. The maximum absolute atomic E-state index is 13.1. The first-order chi connectivity index (χ1) is 6.27. The molecule has 0 fully saturated rings. The lowest BCUT2D eigenvalue weighted by atomic mass is 10.1. The largest absolute Gasteiger partial charge is 0.494 e. The zero-order chi connectivity index (χ0) is 9.68. The number of hydrogen-bond donors (Lipinski definition) is 0. The Morgan fingerprint density at radius 3 is 2.85 bits per heavy atom. The van der Waals surface area contributed by atoms with Crippen LogP contribution in [0.4, 0.5) is 4.39 Å². The monoisotopic (exact) mass is 244 g/mol. The van der Waals surface area contributed by atoms with Gasteiger partial charge in [-0.3, -0.25) is 0 Å². The molecule has 0 aliphatic heterocycles. The molecule has 1 nitrogen and oxygen atoms in total. The van der Waals surface area contributed by atoms with Gasteiger partial charge in [-0.1, -0.05) is 28.1 Å². The Hall–Kier alpha value is -0.830. The summed E-state index contributed by atoms with van der Waals surface area (Å²) in [7, 11) is 1.45. The van der Waals surface area contributed by atoms with Crippen LogP contribution in [-0.4, -0.2) is 7.11 Å². The summed E-state index contributed by atoms with van der Waals surface area (Å²) in [5.41, 5.74) is 0.925. The summed E-state index contributed by atoms with van der Waals surface area (Å²) in [6, 6.07) is 4.95. The van der Waals surface area contributed by atoms with Gasteiger partial charge in [0, 0.05) is 0 Å². The number of rotatable bonds is 3. The molecule has 0 aliphatic carbocycles. The van der Waals surface area contributed by atoms with Crippen LogP contribution in [0.5, 0.6) is 5.75 Å². The van der Waals surface area contributed by atoms with E-state index in [1.807, 2.05) is 12.1 Å². The van der Waals surface area contributed by atoms with Gasteiger partial charge in [-0.05, 0) is 29.1 Å². The predicted molar refractivity (Wildman–Crippen MR) is 54.7 cm³/mol.